The highest BCUT2D eigenvalue weighted by Gasteiger charge is 2.33. The van der Waals surface area contributed by atoms with Crippen LogP contribution in [0.15, 0.2) is 30.3 Å². The van der Waals surface area contributed by atoms with Crippen molar-refractivity contribution in [2.75, 3.05) is 6.54 Å². The SMILES string of the molecule is CCC(CC)Cc1cc2c(s1)CCN1Cc3ccccc3CC21. The fourth-order valence-corrected chi connectivity index (χ4v) is 5.63. The Morgan fingerprint density at radius 3 is 2.74 bits per heavy atom. The van der Waals surface area contributed by atoms with Gasteiger partial charge in [-0.25, -0.2) is 0 Å². The normalized spacial score (nSPS) is 20.2. The molecule has 0 fully saturated rings. The molecule has 0 bridgehead atoms. The van der Waals surface area contributed by atoms with Crippen LogP contribution in [-0.4, -0.2) is 11.4 Å². The Morgan fingerprint density at radius 2 is 1.96 bits per heavy atom. The zero-order valence-corrected chi connectivity index (χ0v) is 15.2. The molecule has 0 aliphatic carbocycles. The third-order valence-corrected chi connectivity index (χ3v) is 7.10. The van der Waals surface area contributed by atoms with Crippen LogP contribution in [0.4, 0.5) is 0 Å². The Hall–Kier alpha value is -1.12. The minimum Gasteiger partial charge on any atom is -0.291 e. The van der Waals surface area contributed by atoms with Gasteiger partial charge in [-0.3, -0.25) is 4.90 Å². The summed E-state index contributed by atoms with van der Waals surface area (Å²) in [6, 6.07) is 12.2. The summed E-state index contributed by atoms with van der Waals surface area (Å²) in [5.41, 5.74) is 4.76. The number of thiophene rings is 1. The highest BCUT2D eigenvalue weighted by atomic mass is 32.1. The number of fused-ring (bicyclic) bond motifs is 4. The van der Waals surface area contributed by atoms with Crippen LogP contribution in [0.5, 0.6) is 0 Å². The predicted molar refractivity (Wildman–Crippen MR) is 99.1 cm³/mol. The highest BCUT2D eigenvalue weighted by Crippen LogP contribution is 2.41. The summed E-state index contributed by atoms with van der Waals surface area (Å²) in [5.74, 6) is 0.860. The molecule has 0 saturated heterocycles. The second-order valence-electron chi connectivity index (χ2n) is 7.19. The Kier molecular flexibility index (Phi) is 4.29. The van der Waals surface area contributed by atoms with Gasteiger partial charge in [0.25, 0.3) is 0 Å². The van der Waals surface area contributed by atoms with Crippen molar-refractivity contribution in [2.24, 2.45) is 5.92 Å². The molecule has 1 unspecified atom stereocenters. The van der Waals surface area contributed by atoms with Crippen molar-refractivity contribution < 1.29 is 0 Å². The maximum absolute atomic E-state index is 2.71. The molecule has 4 rings (SSSR count). The Labute approximate surface area is 144 Å². The lowest BCUT2D eigenvalue weighted by Crippen LogP contribution is -2.38. The number of rotatable bonds is 4. The first-order valence-electron chi connectivity index (χ1n) is 9.20. The first kappa shape index (κ1) is 15.4. The van der Waals surface area contributed by atoms with Gasteiger partial charge in [0.1, 0.15) is 0 Å². The van der Waals surface area contributed by atoms with Crippen LogP contribution in [0, 0.1) is 5.92 Å². The summed E-state index contributed by atoms with van der Waals surface area (Å²) in [6.07, 6.45) is 6.35. The molecule has 0 saturated carbocycles. The molecule has 0 spiro atoms. The van der Waals surface area contributed by atoms with Crippen molar-refractivity contribution in [2.45, 2.75) is 58.5 Å². The topological polar surface area (TPSA) is 3.24 Å². The van der Waals surface area contributed by atoms with E-state index in [0.29, 0.717) is 6.04 Å². The number of benzene rings is 1. The Bertz CT molecular complexity index is 683. The maximum atomic E-state index is 2.71. The van der Waals surface area contributed by atoms with Crippen LogP contribution in [-0.2, 0) is 25.8 Å². The van der Waals surface area contributed by atoms with Crippen molar-refractivity contribution in [1.82, 2.24) is 4.90 Å². The van der Waals surface area contributed by atoms with E-state index in [1.165, 1.54) is 38.6 Å². The van der Waals surface area contributed by atoms with Crippen molar-refractivity contribution in [3.63, 3.8) is 0 Å². The molecule has 2 aromatic rings. The largest absolute Gasteiger partial charge is 0.291 e. The molecule has 1 atom stereocenters. The third-order valence-electron chi connectivity index (χ3n) is 5.87. The Morgan fingerprint density at radius 1 is 1.17 bits per heavy atom. The van der Waals surface area contributed by atoms with Gasteiger partial charge in [-0.15, -0.1) is 11.3 Å². The van der Waals surface area contributed by atoms with Gasteiger partial charge in [-0.1, -0.05) is 51.0 Å². The van der Waals surface area contributed by atoms with E-state index in [2.05, 4.69) is 60.4 Å². The Balaban J connectivity index is 1.61. The van der Waals surface area contributed by atoms with Gasteiger partial charge in [0.2, 0.25) is 0 Å². The first-order chi connectivity index (χ1) is 11.3. The highest BCUT2D eigenvalue weighted by molar-refractivity contribution is 7.12. The molecular weight excluding hydrogens is 298 g/mol. The monoisotopic (exact) mass is 325 g/mol. The standard InChI is InChI=1S/C21H27NS/c1-3-15(4-2)11-18-13-19-20-12-16-7-5-6-8-17(16)14-22(20)10-9-21(19)23-18/h5-8,13,15,20H,3-4,9-12,14H2,1-2H3. The molecule has 2 aliphatic rings. The van der Waals surface area contributed by atoms with Gasteiger partial charge < -0.3 is 0 Å². The van der Waals surface area contributed by atoms with Crippen LogP contribution in [0.2, 0.25) is 0 Å². The molecule has 3 heterocycles. The van der Waals surface area contributed by atoms with Gasteiger partial charge in [0.15, 0.2) is 0 Å². The third kappa shape index (κ3) is 2.88. The molecule has 1 aromatic carbocycles. The second kappa shape index (κ2) is 6.41. The van der Waals surface area contributed by atoms with E-state index in [4.69, 9.17) is 0 Å². The molecule has 2 heteroatoms. The van der Waals surface area contributed by atoms with Crippen LogP contribution in [0.25, 0.3) is 0 Å². The fourth-order valence-electron chi connectivity index (χ4n) is 4.30. The van der Waals surface area contributed by atoms with Crippen LogP contribution in [0.3, 0.4) is 0 Å². The molecule has 0 amide bonds. The van der Waals surface area contributed by atoms with Gasteiger partial charge in [-0.05, 0) is 47.9 Å². The average molecular weight is 326 g/mol. The minimum absolute atomic E-state index is 0.625. The van der Waals surface area contributed by atoms with E-state index in [9.17, 15) is 0 Å². The average Bonchev–Trinajstić information content (AvgIpc) is 3.01. The van der Waals surface area contributed by atoms with E-state index in [0.717, 1.165) is 12.5 Å². The zero-order valence-electron chi connectivity index (χ0n) is 14.3. The second-order valence-corrected chi connectivity index (χ2v) is 8.41. The predicted octanol–water partition coefficient (Wildman–Crippen LogP) is 5.38. The molecule has 122 valence electrons. The zero-order chi connectivity index (χ0) is 15.8. The summed E-state index contributed by atoms with van der Waals surface area (Å²) in [5, 5.41) is 0. The van der Waals surface area contributed by atoms with E-state index < -0.39 is 0 Å². The summed E-state index contributed by atoms with van der Waals surface area (Å²) < 4.78 is 0. The number of nitrogens with zero attached hydrogens (tertiary/aromatic N) is 1. The molecule has 2 aliphatic heterocycles. The lowest BCUT2D eigenvalue weighted by molar-refractivity contribution is 0.162. The summed E-state index contributed by atoms with van der Waals surface area (Å²) >= 11 is 2.10. The van der Waals surface area contributed by atoms with E-state index in [1.54, 1.807) is 26.4 Å². The number of hydrogen-bond donors (Lipinski definition) is 0. The van der Waals surface area contributed by atoms with Gasteiger partial charge in [-0.2, -0.15) is 0 Å². The molecule has 1 aromatic heterocycles. The van der Waals surface area contributed by atoms with Crippen LogP contribution < -0.4 is 0 Å². The summed E-state index contributed by atoms with van der Waals surface area (Å²) in [4.78, 5) is 6.01. The fraction of sp³-hybridized carbons (Fsp3) is 0.524. The van der Waals surface area contributed by atoms with Crippen molar-refractivity contribution in [1.29, 1.82) is 0 Å². The minimum atomic E-state index is 0.625. The first-order valence-corrected chi connectivity index (χ1v) is 10.0. The smallest absolute Gasteiger partial charge is 0.0403 e. The van der Waals surface area contributed by atoms with Gasteiger partial charge >= 0.3 is 0 Å². The molecule has 0 N–H and O–H groups in total. The van der Waals surface area contributed by atoms with E-state index in [-0.39, 0.29) is 0 Å². The molecule has 23 heavy (non-hydrogen) atoms. The molecular formula is C21H27NS. The number of hydrogen-bond acceptors (Lipinski definition) is 2. The lowest BCUT2D eigenvalue weighted by atomic mass is 9.87. The molecule has 0 radical (unpaired) electrons. The van der Waals surface area contributed by atoms with E-state index >= 15 is 0 Å². The van der Waals surface area contributed by atoms with E-state index in [1.807, 2.05) is 0 Å². The molecule has 1 nitrogen and oxygen atoms in total. The van der Waals surface area contributed by atoms with Gasteiger partial charge in [0, 0.05) is 28.9 Å². The quantitative estimate of drug-likeness (QED) is 0.729. The van der Waals surface area contributed by atoms with Crippen LogP contribution >= 0.6 is 11.3 Å². The van der Waals surface area contributed by atoms with Crippen molar-refractivity contribution in [3.05, 3.63) is 56.8 Å². The summed E-state index contributed by atoms with van der Waals surface area (Å²) in [6.45, 7) is 7.04. The summed E-state index contributed by atoms with van der Waals surface area (Å²) in [7, 11) is 0. The van der Waals surface area contributed by atoms with Gasteiger partial charge in [0.05, 0.1) is 0 Å². The van der Waals surface area contributed by atoms with Crippen molar-refractivity contribution >= 4 is 11.3 Å². The van der Waals surface area contributed by atoms with Crippen LogP contribution in [0.1, 0.15) is 59.2 Å². The van der Waals surface area contributed by atoms with Crippen molar-refractivity contribution in [3.8, 4) is 0 Å². The maximum Gasteiger partial charge on any atom is 0.0403 e. The lowest BCUT2D eigenvalue weighted by Gasteiger charge is -2.40.